The molecule has 1 atom stereocenters. The summed E-state index contributed by atoms with van der Waals surface area (Å²) in [5.74, 6) is -0.727. The van der Waals surface area contributed by atoms with Gasteiger partial charge in [0.1, 0.15) is 5.54 Å². The predicted octanol–water partition coefficient (Wildman–Crippen LogP) is 1.53. The SMILES string of the molecule is O=C(O)[C@@]1(C/C=C\I)CCCN1. The van der Waals surface area contributed by atoms with Crippen molar-refractivity contribution in [1.29, 1.82) is 0 Å². The van der Waals surface area contributed by atoms with Crippen molar-refractivity contribution in [3.63, 3.8) is 0 Å². The van der Waals surface area contributed by atoms with Crippen LogP contribution in [0.3, 0.4) is 0 Å². The molecule has 0 aromatic rings. The molecular formula is C8H12INO2. The smallest absolute Gasteiger partial charge is 0.324 e. The molecule has 1 saturated heterocycles. The van der Waals surface area contributed by atoms with E-state index < -0.39 is 11.5 Å². The fourth-order valence-electron chi connectivity index (χ4n) is 1.50. The second-order valence-electron chi connectivity index (χ2n) is 2.98. The van der Waals surface area contributed by atoms with E-state index in [0.717, 1.165) is 19.4 Å². The van der Waals surface area contributed by atoms with Gasteiger partial charge in [0.05, 0.1) is 0 Å². The number of nitrogens with one attached hydrogen (secondary N) is 1. The van der Waals surface area contributed by atoms with Crippen LogP contribution in [-0.4, -0.2) is 23.2 Å². The van der Waals surface area contributed by atoms with Gasteiger partial charge in [-0.2, -0.15) is 0 Å². The summed E-state index contributed by atoms with van der Waals surface area (Å²) in [4.78, 5) is 10.9. The van der Waals surface area contributed by atoms with E-state index in [4.69, 9.17) is 5.11 Å². The standard InChI is InChI=1S/C8H12INO2/c9-5-1-3-8(7(11)12)4-2-6-10-8/h1,5,10H,2-4,6H2,(H,11,12)/b5-1-/t8-/m1/s1. The van der Waals surface area contributed by atoms with Gasteiger partial charge in [-0.1, -0.05) is 28.7 Å². The van der Waals surface area contributed by atoms with E-state index in [1.807, 2.05) is 10.2 Å². The van der Waals surface area contributed by atoms with Crippen LogP contribution in [0.1, 0.15) is 19.3 Å². The molecule has 0 bridgehead atoms. The molecule has 0 radical (unpaired) electrons. The molecule has 1 rings (SSSR count). The molecule has 12 heavy (non-hydrogen) atoms. The third kappa shape index (κ3) is 1.98. The third-order valence-corrected chi connectivity index (χ3v) is 2.72. The molecule has 1 fully saturated rings. The summed E-state index contributed by atoms with van der Waals surface area (Å²) in [6.07, 6.45) is 4.18. The van der Waals surface area contributed by atoms with Crippen molar-refractivity contribution >= 4 is 28.6 Å². The summed E-state index contributed by atoms with van der Waals surface area (Å²) in [7, 11) is 0. The second-order valence-corrected chi connectivity index (χ2v) is 3.70. The molecule has 1 aliphatic heterocycles. The molecule has 4 heteroatoms. The zero-order chi connectivity index (χ0) is 9.03. The highest BCUT2D eigenvalue weighted by molar-refractivity contribution is 14.1. The highest BCUT2D eigenvalue weighted by Crippen LogP contribution is 2.24. The van der Waals surface area contributed by atoms with Crippen LogP contribution in [0.5, 0.6) is 0 Å². The highest BCUT2D eigenvalue weighted by atomic mass is 127. The Hall–Kier alpha value is -0.100. The summed E-state index contributed by atoms with van der Waals surface area (Å²) in [6.45, 7) is 0.821. The first-order valence-electron chi connectivity index (χ1n) is 3.95. The monoisotopic (exact) mass is 281 g/mol. The fraction of sp³-hybridized carbons (Fsp3) is 0.625. The Bertz CT molecular complexity index is 197. The average Bonchev–Trinajstić information content (AvgIpc) is 2.50. The number of carboxylic acid groups (broad SMARTS) is 1. The van der Waals surface area contributed by atoms with E-state index in [1.54, 1.807) is 0 Å². The number of hydrogen-bond acceptors (Lipinski definition) is 2. The predicted molar refractivity (Wildman–Crippen MR) is 55.4 cm³/mol. The molecular weight excluding hydrogens is 269 g/mol. The molecule has 1 heterocycles. The number of aliphatic carboxylic acids is 1. The zero-order valence-corrected chi connectivity index (χ0v) is 8.87. The quantitative estimate of drug-likeness (QED) is 0.771. The first-order chi connectivity index (χ1) is 5.71. The maximum absolute atomic E-state index is 10.9. The molecule has 0 aromatic heterocycles. The van der Waals surface area contributed by atoms with Crippen molar-refractivity contribution in [3.05, 3.63) is 10.2 Å². The number of carboxylic acids is 1. The number of carbonyl (C=O) groups is 1. The summed E-state index contributed by atoms with van der Waals surface area (Å²) >= 11 is 2.10. The normalized spacial score (nSPS) is 29.8. The van der Waals surface area contributed by atoms with Crippen molar-refractivity contribution in [1.82, 2.24) is 5.32 Å². The van der Waals surface area contributed by atoms with Gasteiger partial charge in [0.15, 0.2) is 0 Å². The Morgan fingerprint density at radius 3 is 2.92 bits per heavy atom. The van der Waals surface area contributed by atoms with Gasteiger partial charge in [0, 0.05) is 0 Å². The Morgan fingerprint density at radius 2 is 2.50 bits per heavy atom. The van der Waals surface area contributed by atoms with E-state index in [-0.39, 0.29) is 0 Å². The molecule has 0 amide bonds. The summed E-state index contributed by atoms with van der Waals surface area (Å²) in [6, 6.07) is 0. The first-order valence-corrected chi connectivity index (χ1v) is 5.19. The minimum atomic E-state index is -0.727. The Labute approximate surface area is 85.4 Å². The maximum atomic E-state index is 10.9. The molecule has 0 aliphatic carbocycles. The highest BCUT2D eigenvalue weighted by Gasteiger charge is 2.39. The van der Waals surface area contributed by atoms with Gasteiger partial charge >= 0.3 is 5.97 Å². The van der Waals surface area contributed by atoms with E-state index in [0.29, 0.717) is 6.42 Å². The van der Waals surface area contributed by atoms with E-state index in [1.165, 1.54) is 0 Å². The number of rotatable bonds is 3. The lowest BCUT2D eigenvalue weighted by atomic mass is 9.94. The molecule has 3 nitrogen and oxygen atoms in total. The maximum Gasteiger partial charge on any atom is 0.324 e. The molecule has 1 aliphatic rings. The zero-order valence-electron chi connectivity index (χ0n) is 6.72. The Balaban J connectivity index is 2.65. The van der Waals surface area contributed by atoms with E-state index in [2.05, 4.69) is 27.9 Å². The van der Waals surface area contributed by atoms with Crippen molar-refractivity contribution in [2.24, 2.45) is 0 Å². The summed E-state index contributed by atoms with van der Waals surface area (Å²) < 4.78 is 1.86. The summed E-state index contributed by atoms with van der Waals surface area (Å²) in [5.41, 5.74) is -0.679. The lowest BCUT2D eigenvalue weighted by Gasteiger charge is -2.22. The number of hydrogen-bond donors (Lipinski definition) is 2. The van der Waals surface area contributed by atoms with E-state index in [9.17, 15) is 4.79 Å². The second kappa shape index (κ2) is 4.23. The third-order valence-electron chi connectivity index (χ3n) is 2.21. The van der Waals surface area contributed by atoms with Crippen molar-refractivity contribution < 1.29 is 9.90 Å². The van der Waals surface area contributed by atoms with Crippen LogP contribution in [-0.2, 0) is 4.79 Å². The van der Waals surface area contributed by atoms with Crippen LogP contribution in [0.25, 0.3) is 0 Å². The van der Waals surface area contributed by atoms with Crippen LogP contribution in [0.4, 0.5) is 0 Å². The Morgan fingerprint density at radius 1 is 1.75 bits per heavy atom. The fourth-order valence-corrected chi connectivity index (χ4v) is 1.75. The van der Waals surface area contributed by atoms with Crippen LogP contribution in [0.15, 0.2) is 10.2 Å². The first kappa shape index (κ1) is 9.98. The average molecular weight is 281 g/mol. The van der Waals surface area contributed by atoms with E-state index >= 15 is 0 Å². The lowest BCUT2D eigenvalue weighted by molar-refractivity contribution is -0.144. The van der Waals surface area contributed by atoms with Crippen molar-refractivity contribution in [2.75, 3.05) is 6.54 Å². The van der Waals surface area contributed by atoms with Crippen LogP contribution < -0.4 is 5.32 Å². The molecule has 0 aromatic carbocycles. The number of halogens is 1. The summed E-state index contributed by atoms with van der Waals surface area (Å²) in [5, 5.41) is 12.0. The van der Waals surface area contributed by atoms with Gasteiger partial charge in [-0.05, 0) is 29.9 Å². The minimum absolute atomic E-state index is 0.589. The molecule has 0 spiro atoms. The molecule has 0 saturated carbocycles. The Kier molecular flexibility index (Phi) is 3.52. The van der Waals surface area contributed by atoms with Crippen molar-refractivity contribution in [3.8, 4) is 0 Å². The van der Waals surface area contributed by atoms with Crippen LogP contribution >= 0.6 is 22.6 Å². The van der Waals surface area contributed by atoms with Gasteiger partial charge in [0.2, 0.25) is 0 Å². The topological polar surface area (TPSA) is 49.3 Å². The van der Waals surface area contributed by atoms with Gasteiger partial charge in [-0.25, -0.2) is 0 Å². The minimum Gasteiger partial charge on any atom is -0.480 e. The van der Waals surface area contributed by atoms with Crippen LogP contribution in [0.2, 0.25) is 0 Å². The van der Waals surface area contributed by atoms with Crippen LogP contribution in [0, 0.1) is 0 Å². The van der Waals surface area contributed by atoms with Gasteiger partial charge in [0.25, 0.3) is 0 Å². The molecule has 0 unspecified atom stereocenters. The molecule has 68 valence electrons. The van der Waals surface area contributed by atoms with Gasteiger partial charge < -0.3 is 10.4 Å². The van der Waals surface area contributed by atoms with Gasteiger partial charge in [-0.3, -0.25) is 4.79 Å². The van der Waals surface area contributed by atoms with Gasteiger partial charge in [-0.15, -0.1) is 0 Å². The largest absolute Gasteiger partial charge is 0.480 e. The lowest BCUT2D eigenvalue weighted by Crippen LogP contribution is -2.47. The molecule has 2 N–H and O–H groups in total. The van der Waals surface area contributed by atoms with Crippen molar-refractivity contribution in [2.45, 2.75) is 24.8 Å².